The molecule has 2 aromatic heterocycles. The number of H-pyrrole nitrogens is 1. The van der Waals surface area contributed by atoms with Gasteiger partial charge < -0.3 is 20.2 Å². The SMILES string of the molecule is Cn1ccnc1C(=O)c1ccc(NC(=O)C(=O)NCCc2c[nH]c3ccc(F)cc23)cc1. The maximum Gasteiger partial charge on any atom is 0.313 e. The number of nitrogens with zero attached hydrogens (tertiary/aromatic N) is 2. The maximum absolute atomic E-state index is 13.5. The third-order valence-corrected chi connectivity index (χ3v) is 5.04. The van der Waals surface area contributed by atoms with Crippen LogP contribution in [-0.4, -0.2) is 38.7 Å². The number of fused-ring (bicyclic) bond motifs is 1. The number of hydrogen-bond donors (Lipinski definition) is 3. The summed E-state index contributed by atoms with van der Waals surface area (Å²) in [5.41, 5.74) is 2.44. The normalized spacial score (nSPS) is 10.8. The van der Waals surface area contributed by atoms with Crippen molar-refractivity contribution in [2.75, 3.05) is 11.9 Å². The van der Waals surface area contributed by atoms with Gasteiger partial charge in [0.1, 0.15) is 5.82 Å². The molecule has 0 aliphatic carbocycles. The zero-order valence-electron chi connectivity index (χ0n) is 17.2. The molecule has 0 atom stereocenters. The van der Waals surface area contributed by atoms with Gasteiger partial charge in [0.15, 0.2) is 5.82 Å². The minimum atomic E-state index is -0.821. The minimum Gasteiger partial charge on any atom is -0.361 e. The monoisotopic (exact) mass is 433 g/mol. The summed E-state index contributed by atoms with van der Waals surface area (Å²) in [6.07, 6.45) is 5.41. The van der Waals surface area contributed by atoms with E-state index in [1.54, 1.807) is 54.3 Å². The Labute approximate surface area is 182 Å². The van der Waals surface area contributed by atoms with Gasteiger partial charge in [-0.25, -0.2) is 9.37 Å². The predicted molar refractivity (Wildman–Crippen MR) is 117 cm³/mol. The molecule has 9 heteroatoms. The van der Waals surface area contributed by atoms with E-state index in [4.69, 9.17) is 0 Å². The summed E-state index contributed by atoms with van der Waals surface area (Å²) < 4.78 is 15.1. The molecule has 0 aliphatic heterocycles. The van der Waals surface area contributed by atoms with E-state index in [0.29, 0.717) is 23.5 Å². The Hall–Kier alpha value is -4.27. The number of aryl methyl sites for hydroxylation is 1. The van der Waals surface area contributed by atoms with Crippen molar-refractivity contribution in [1.82, 2.24) is 19.9 Å². The Morgan fingerprint density at radius 3 is 2.59 bits per heavy atom. The molecule has 32 heavy (non-hydrogen) atoms. The Balaban J connectivity index is 1.30. The van der Waals surface area contributed by atoms with E-state index in [1.807, 2.05) is 0 Å². The fourth-order valence-electron chi connectivity index (χ4n) is 3.35. The van der Waals surface area contributed by atoms with Gasteiger partial charge in [-0.05, 0) is 54.4 Å². The van der Waals surface area contributed by atoms with Crippen LogP contribution in [-0.2, 0) is 23.1 Å². The van der Waals surface area contributed by atoms with Gasteiger partial charge in [0, 0.05) is 54.3 Å². The quantitative estimate of drug-likeness (QED) is 0.321. The maximum atomic E-state index is 13.5. The molecule has 0 radical (unpaired) electrons. The smallest absolute Gasteiger partial charge is 0.313 e. The standard InChI is InChI=1S/C23H20FN5O3/c1-29-11-10-25-21(29)20(30)14-2-5-17(6-3-14)28-23(32)22(31)26-9-8-15-13-27-19-7-4-16(24)12-18(15)19/h2-7,10-13,27H,8-9H2,1H3,(H,26,31)(H,28,32). The van der Waals surface area contributed by atoms with Crippen LogP contribution in [0.5, 0.6) is 0 Å². The molecule has 4 rings (SSSR count). The summed E-state index contributed by atoms with van der Waals surface area (Å²) in [6.45, 7) is 0.215. The zero-order valence-corrected chi connectivity index (χ0v) is 17.2. The molecule has 8 nitrogen and oxygen atoms in total. The van der Waals surface area contributed by atoms with Crippen LogP contribution < -0.4 is 10.6 Å². The van der Waals surface area contributed by atoms with E-state index >= 15 is 0 Å². The second kappa shape index (κ2) is 8.84. The zero-order chi connectivity index (χ0) is 22.7. The number of hydrogen-bond acceptors (Lipinski definition) is 4. The number of benzene rings is 2. The van der Waals surface area contributed by atoms with Crippen molar-refractivity contribution >= 4 is 34.2 Å². The van der Waals surface area contributed by atoms with Crippen LogP contribution in [0.15, 0.2) is 61.1 Å². The number of carbonyl (C=O) groups is 3. The first-order valence-corrected chi connectivity index (χ1v) is 9.89. The van der Waals surface area contributed by atoms with Gasteiger partial charge in [-0.1, -0.05) is 0 Å². The van der Waals surface area contributed by atoms with E-state index in [0.717, 1.165) is 16.5 Å². The van der Waals surface area contributed by atoms with Crippen LogP contribution >= 0.6 is 0 Å². The first kappa shape index (κ1) is 21.0. The molecule has 2 aromatic carbocycles. The fourth-order valence-corrected chi connectivity index (χ4v) is 3.35. The lowest BCUT2D eigenvalue weighted by molar-refractivity contribution is -0.136. The molecule has 3 N–H and O–H groups in total. The lowest BCUT2D eigenvalue weighted by Crippen LogP contribution is -2.36. The number of imidazole rings is 1. The lowest BCUT2D eigenvalue weighted by atomic mass is 10.1. The molecule has 0 spiro atoms. The van der Waals surface area contributed by atoms with Crippen molar-refractivity contribution in [3.05, 3.63) is 83.8 Å². The van der Waals surface area contributed by atoms with E-state index in [1.165, 1.54) is 18.3 Å². The average Bonchev–Trinajstić information content (AvgIpc) is 3.39. The van der Waals surface area contributed by atoms with Crippen molar-refractivity contribution in [3.8, 4) is 0 Å². The van der Waals surface area contributed by atoms with Gasteiger partial charge in [0.25, 0.3) is 0 Å². The number of halogens is 1. The number of anilines is 1. The summed E-state index contributed by atoms with van der Waals surface area (Å²) in [7, 11) is 1.73. The topological polar surface area (TPSA) is 109 Å². The van der Waals surface area contributed by atoms with Crippen molar-refractivity contribution in [3.63, 3.8) is 0 Å². The highest BCUT2D eigenvalue weighted by Crippen LogP contribution is 2.19. The number of amides is 2. The molecule has 0 saturated heterocycles. The van der Waals surface area contributed by atoms with Crippen molar-refractivity contribution in [2.24, 2.45) is 7.05 Å². The molecule has 2 heterocycles. The predicted octanol–water partition coefficient (Wildman–Crippen LogP) is 2.57. The van der Waals surface area contributed by atoms with Crippen LogP contribution in [0.1, 0.15) is 21.7 Å². The molecule has 2 amide bonds. The largest absolute Gasteiger partial charge is 0.361 e. The molecule has 4 aromatic rings. The Bertz CT molecular complexity index is 1310. The van der Waals surface area contributed by atoms with Crippen molar-refractivity contribution in [2.45, 2.75) is 6.42 Å². The third kappa shape index (κ3) is 4.41. The fraction of sp³-hybridized carbons (Fsp3) is 0.130. The lowest BCUT2D eigenvalue weighted by Gasteiger charge is -2.07. The Kier molecular flexibility index (Phi) is 5.80. The number of aromatic nitrogens is 3. The average molecular weight is 433 g/mol. The van der Waals surface area contributed by atoms with E-state index in [-0.39, 0.29) is 18.1 Å². The molecule has 0 saturated carbocycles. The van der Waals surface area contributed by atoms with Crippen molar-refractivity contribution in [1.29, 1.82) is 0 Å². The summed E-state index contributed by atoms with van der Waals surface area (Å²) in [6, 6.07) is 10.6. The van der Waals surface area contributed by atoms with E-state index < -0.39 is 11.8 Å². The van der Waals surface area contributed by atoms with Crippen LogP contribution in [0.4, 0.5) is 10.1 Å². The van der Waals surface area contributed by atoms with Gasteiger partial charge in [-0.15, -0.1) is 0 Å². The highest BCUT2D eigenvalue weighted by atomic mass is 19.1. The van der Waals surface area contributed by atoms with Crippen LogP contribution in [0, 0.1) is 5.82 Å². The molecule has 0 bridgehead atoms. The number of ketones is 1. The minimum absolute atomic E-state index is 0.215. The van der Waals surface area contributed by atoms with E-state index in [9.17, 15) is 18.8 Å². The molecule has 0 aliphatic rings. The number of aromatic amines is 1. The summed E-state index contributed by atoms with van der Waals surface area (Å²) in [4.78, 5) is 43.8. The van der Waals surface area contributed by atoms with Gasteiger partial charge in [-0.2, -0.15) is 0 Å². The molecular weight excluding hydrogens is 413 g/mol. The van der Waals surface area contributed by atoms with Gasteiger partial charge in [-0.3, -0.25) is 14.4 Å². The molecule has 0 fully saturated rings. The second-order valence-electron chi connectivity index (χ2n) is 7.23. The van der Waals surface area contributed by atoms with Gasteiger partial charge >= 0.3 is 11.8 Å². The summed E-state index contributed by atoms with van der Waals surface area (Å²) >= 11 is 0. The Morgan fingerprint density at radius 1 is 1.09 bits per heavy atom. The number of carbonyl (C=O) groups excluding carboxylic acids is 3. The van der Waals surface area contributed by atoms with Crippen LogP contribution in [0.2, 0.25) is 0 Å². The third-order valence-electron chi connectivity index (χ3n) is 5.04. The highest BCUT2D eigenvalue weighted by Gasteiger charge is 2.16. The van der Waals surface area contributed by atoms with Crippen molar-refractivity contribution < 1.29 is 18.8 Å². The first-order valence-electron chi connectivity index (χ1n) is 9.89. The van der Waals surface area contributed by atoms with Crippen LogP contribution in [0.3, 0.4) is 0 Å². The highest BCUT2D eigenvalue weighted by molar-refractivity contribution is 6.39. The molecule has 0 unspecified atom stereocenters. The summed E-state index contributed by atoms with van der Waals surface area (Å²) in [5, 5.41) is 5.79. The Morgan fingerprint density at radius 2 is 1.88 bits per heavy atom. The van der Waals surface area contributed by atoms with Crippen LogP contribution in [0.25, 0.3) is 10.9 Å². The van der Waals surface area contributed by atoms with E-state index in [2.05, 4.69) is 20.6 Å². The van der Waals surface area contributed by atoms with Gasteiger partial charge in [0.2, 0.25) is 5.78 Å². The first-order chi connectivity index (χ1) is 15.4. The second-order valence-corrected chi connectivity index (χ2v) is 7.23. The number of rotatable bonds is 6. The summed E-state index contributed by atoms with van der Waals surface area (Å²) in [5.74, 6) is -1.89. The number of nitrogens with one attached hydrogen (secondary N) is 3. The molecular formula is C23H20FN5O3. The van der Waals surface area contributed by atoms with Gasteiger partial charge in [0.05, 0.1) is 0 Å². The molecule has 162 valence electrons.